The number of carbonyl (C=O) groups is 1. The maximum Gasteiger partial charge on any atom is 0.238 e. The first-order valence-electron chi connectivity index (χ1n) is 7.23. The standard InChI is InChI=1S/C15H22N2O3S/c1-10-13(16)8-5-9-14(10)21(19,20)11(2)15(18)17-12-6-3-4-7-12/h5,8-9,11-12H,3-4,6-7,16H2,1-2H3,(H,17,18). The fraction of sp³-hybridized carbons (Fsp3) is 0.533. The Hall–Kier alpha value is -1.56. The Balaban J connectivity index is 2.21. The third-order valence-electron chi connectivity index (χ3n) is 4.17. The van der Waals surface area contributed by atoms with Crippen LogP contribution in [0.4, 0.5) is 5.69 Å². The van der Waals surface area contributed by atoms with Gasteiger partial charge in [0.05, 0.1) is 4.90 Å². The highest BCUT2D eigenvalue weighted by Crippen LogP contribution is 2.25. The summed E-state index contributed by atoms with van der Waals surface area (Å²) in [5, 5.41) is 1.73. The van der Waals surface area contributed by atoms with E-state index in [0.29, 0.717) is 11.3 Å². The van der Waals surface area contributed by atoms with E-state index in [4.69, 9.17) is 5.73 Å². The first-order valence-corrected chi connectivity index (χ1v) is 8.78. The van der Waals surface area contributed by atoms with E-state index in [-0.39, 0.29) is 10.9 Å². The average molecular weight is 310 g/mol. The molecular weight excluding hydrogens is 288 g/mol. The molecule has 1 amide bonds. The van der Waals surface area contributed by atoms with Gasteiger partial charge in [-0.2, -0.15) is 0 Å². The van der Waals surface area contributed by atoms with Crippen molar-refractivity contribution in [3.8, 4) is 0 Å². The number of nitrogen functional groups attached to an aromatic ring is 1. The Bertz CT molecular complexity index is 634. The second-order valence-electron chi connectivity index (χ2n) is 5.65. The van der Waals surface area contributed by atoms with Crippen molar-refractivity contribution < 1.29 is 13.2 Å². The molecule has 1 fully saturated rings. The van der Waals surface area contributed by atoms with Crippen LogP contribution >= 0.6 is 0 Å². The monoisotopic (exact) mass is 310 g/mol. The molecule has 5 nitrogen and oxygen atoms in total. The molecule has 1 aliphatic rings. The number of carbonyl (C=O) groups excluding carboxylic acids is 1. The van der Waals surface area contributed by atoms with Crippen LogP contribution in [0.2, 0.25) is 0 Å². The van der Waals surface area contributed by atoms with Crippen LogP contribution in [0.25, 0.3) is 0 Å². The average Bonchev–Trinajstić information content (AvgIpc) is 2.93. The van der Waals surface area contributed by atoms with E-state index in [1.165, 1.54) is 13.0 Å². The summed E-state index contributed by atoms with van der Waals surface area (Å²) < 4.78 is 25.2. The van der Waals surface area contributed by atoms with Crippen LogP contribution in [-0.2, 0) is 14.6 Å². The molecule has 0 spiro atoms. The highest BCUT2D eigenvalue weighted by Gasteiger charge is 2.32. The lowest BCUT2D eigenvalue weighted by atomic mass is 10.2. The molecule has 0 aliphatic heterocycles. The fourth-order valence-corrected chi connectivity index (χ4v) is 4.20. The normalized spacial score (nSPS) is 17.6. The molecule has 116 valence electrons. The number of rotatable bonds is 4. The predicted octanol–water partition coefficient (Wildman–Crippen LogP) is 1.80. The molecular formula is C15H22N2O3S. The van der Waals surface area contributed by atoms with Crippen molar-refractivity contribution in [2.45, 2.75) is 55.7 Å². The van der Waals surface area contributed by atoms with Crippen LogP contribution in [-0.4, -0.2) is 25.6 Å². The van der Waals surface area contributed by atoms with Crippen molar-refractivity contribution in [1.82, 2.24) is 5.32 Å². The van der Waals surface area contributed by atoms with Gasteiger partial charge in [-0.05, 0) is 44.4 Å². The van der Waals surface area contributed by atoms with Gasteiger partial charge in [-0.3, -0.25) is 4.79 Å². The molecule has 6 heteroatoms. The summed E-state index contributed by atoms with van der Waals surface area (Å²) in [5.74, 6) is -0.427. The lowest BCUT2D eigenvalue weighted by Crippen LogP contribution is -2.42. The van der Waals surface area contributed by atoms with Gasteiger partial charge < -0.3 is 11.1 Å². The fourth-order valence-electron chi connectivity index (χ4n) is 2.66. The van der Waals surface area contributed by atoms with Gasteiger partial charge in [0, 0.05) is 11.7 Å². The number of anilines is 1. The molecule has 2 rings (SSSR count). The molecule has 21 heavy (non-hydrogen) atoms. The number of nitrogens with one attached hydrogen (secondary N) is 1. The van der Waals surface area contributed by atoms with Gasteiger partial charge >= 0.3 is 0 Å². The Morgan fingerprint density at radius 3 is 2.57 bits per heavy atom. The molecule has 0 heterocycles. The second-order valence-corrected chi connectivity index (χ2v) is 7.88. The molecule has 1 saturated carbocycles. The first kappa shape index (κ1) is 15.8. The zero-order valence-corrected chi connectivity index (χ0v) is 13.2. The third kappa shape index (κ3) is 3.20. The number of hydrogen-bond acceptors (Lipinski definition) is 4. The Morgan fingerprint density at radius 1 is 1.33 bits per heavy atom. The van der Waals surface area contributed by atoms with Gasteiger partial charge in [-0.15, -0.1) is 0 Å². The summed E-state index contributed by atoms with van der Waals surface area (Å²) in [6, 6.07) is 4.85. The van der Waals surface area contributed by atoms with Crippen LogP contribution in [0, 0.1) is 6.92 Å². The molecule has 3 N–H and O–H groups in total. The Labute approximate surface area is 125 Å². The summed E-state index contributed by atoms with van der Waals surface area (Å²) in [6.45, 7) is 3.09. The largest absolute Gasteiger partial charge is 0.398 e. The number of benzene rings is 1. The Morgan fingerprint density at radius 2 is 1.95 bits per heavy atom. The lowest BCUT2D eigenvalue weighted by molar-refractivity contribution is -0.121. The summed E-state index contributed by atoms with van der Waals surface area (Å²) in [7, 11) is -3.73. The minimum atomic E-state index is -3.73. The zero-order valence-electron chi connectivity index (χ0n) is 12.4. The molecule has 1 aliphatic carbocycles. The molecule has 0 aromatic heterocycles. The van der Waals surface area contributed by atoms with E-state index in [1.807, 2.05) is 0 Å². The van der Waals surface area contributed by atoms with Crippen molar-refractivity contribution >= 4 is 21.4 Å². The molecule has 0 radical (unpaired) electrons. The maximum absolute atomic E-state index is 12.6. The Kier molecular flexibility index (Phi) is 4.56. The number of nitrogens with two attached hydrogens (primary N) is 1. The number of amides is 1. The summed E-state index contributed by atoms with van der Waals surface area (Å²) >= 11 is 0. The number of hydrogen-bond donors (Lipinski definition) is 2. The smallest absolute Gasteiger partial charge is 0.238 e. The lowest BCUT2D eigenvalue weighted by Gasteiger charge is -2.18. The molecule has 1 atom stereocenters. The molecule has 1 aromatic rings. The van der Waals surface area contributed by atoms with Crippen LogP contribution in [0.3, 0.4) is 0 Å². The molecule has 0 bridgehead atoms. The van der Waals surface area contributed by atoms with Crippen molar-refractivity contribution in [3.63, 3.8) is 0 Å². The second kappa shape index (κ2) is 6.05. The maximum atomic E-state index is 12.6. The highest BCUT2D eigenvalue weighted by atomic mass is 32.2. The topological polar surface area (TPSA) is 89.3 Å². The van der Waals surface area contributed by atoms with E-state index < -0.39 is 21.0 Å². The van der Waals surface area contributed by atoms with E-state index in [1.54, 1.807) is 19.1 Å². The third-order valence-corrected chi connectivity index (χ3v) is 6.37. The summed E-state index contributed by atoms with van der Waals surface area (Å²) in [4.78, 5) is 12.3. The van der Waals surface area contributed by atoms with Crippen LogP contribution < -0.4 is 11.1 Å². The van der Waals surface area contributed by atoms with Gasteiger partial charge in [0.2, 0.25) is 5.91 Å². The minimum Gasteiger partial charge on any atom is -0.398 e. The molecule has 0 saturated heterocycles. The van der Waals surface area contributed by atoms with Gasteiger partial charge in [-0.25, -0.2) is 8.42 Å². The van der Waals surface area contributed by atoms with Gasteiger partial charge in [0.15, 0.2) is 9.84 Å². The predicted molar refractivity (Wildman–Crippen MR) is 82.6 cm³/mol. The zero-order chi connectivity index (χ0) is 15.6. The highest BCUT2D eigenvalue weighted by molar-refractivity contribution is 7.92. The van der Waals surface area contributed by atoms with E-state index in [9.17, 15) is 13.2 Å². The quantitative estimate of drug-likeness (QED) is 0.830. The van der Waals surface area contributed by atoms with E-state index >= 15 is 0 Å². The first-order chi connectivity index (χ1) is 9.84. The summed E-state index contributed by atoms with van der Waals surface area (Å²) in [6.07, 6.45) is 4.02. The van der Waals surface area contributed by atoms with Crippen LogP contribution in [0.1, 0.15) is 38.2 Å². The van der Waals surface area contributed by atoms with Crippen molar-refractivity contribution in [2.75, 3.05) is 5.73 Å². The number of sulfone groups is 1. The van der Waals surface area contributed by atoms with Crippen molar-refractivity contribution in [2.24, 2.45) is 0 Å². The van der Waals surface area contributed by atoms with Gasteiger partial charge in [0.25, 0.3) is 0 Å². The minimum absolute atomic E-state index is 0.108. The molecule has 1 aromatic carbocycles. The SMILES string of the molecule is Cc1c(N)cccc1S(=O)(=O)C(C)C(=O)NC1CCCC1. The van der Waals surface area contributed by atoms with Crippen molar-refractivity contribution in [3.05, 3.63) is 23.8 Å². The van der Waals surface area contributed by atoms with E-state index in [0.717, 1.165) is 25.7 Å². The van der Waals surface area contributed by atoms with Gasteiger partial charge in [-0.1, -0.05) is 18.9 Å². The van der Waals surface area contributed by atoms with Crippen molar-refractivity contribution in [1.29, 1.82) is 0 Å². The molecule has 1 unspecified atom stereocenters. The van der Waals surface area contributed by atoms with Gasteiger partial charge in [0.1, 0.15) is 5.25 Å². The van der Waals surface area contributed by atoms with Crippen LogP contribution in [0.15, 0.2) is 23.1 Å². The summed E-state index contributed by atoms with van der Waals surface area (Å²) in [5.41, 5.74) is 6.67. The van der Waals surface area contributed by atoms with E-state index in [2.05, 4.69) is 5.32 Å². The van der Waals surface area contributed by atoms with Crippen LogP contribution in [0.5, 0.6) is 0 Å².